The predicted octanol–water partition coefficient (Wildman–Crippen LogP) is 0.728. The zero-order valence-corrected chi connectivity index (χ0v) is 6.13. The summed E-state index contributed by atoms with van der Waals surface area (Å²) in [4.78, 5) is 10.6. The van der Waals surface area contributed by atoms with Gasteiger partial charge in [0.25, 0.3) is 0 Å². The van der Waals surface area contributed by atoms with Crippen LogP contribution in [0.4, 0.5) is 0 Å². The van der Waals surface area contributed by atoms with Crippen molar-refractivity contribution < 1.29 is 14.3 Å². The van der Waals surface area contributed by atoms with Crippen molar-refractivity contribution in [1.82, 2.24) is 0 Å². The third-order valence-corrected chi connectivity index (χ3v) is 1.61. The Bertz CT molecular complexity index is 122. The molecule has 0 N–H and O–H groups in total. The highest BCUT2D eigenvalue weighted by atomic mass is 16.6. The molecule has 0 aliphatic carbocycles. The molecule has 1 aliphatic rings. The minimum absolute atomic E-state index is 0.0684. The number of methoxy groups -OCH3 is 1. The van der Waals surface area contributed by atoms with E-state index in [0.29, 0.717) is 13.0 Å². The van der Waals surface area contributed by atoms with Gasteiger partial charge in [-0.05, 0) is 6.42 Å². The lowest BCUT2D eigenvalue weighted by molar-refractivity contribution is -0.141. The van der Waals surface area contributed by atoms with Crippen molar-refractivity contribution in [3.8, 4) is 0 Å². The lowest BCUT2D eigenvalue weighted by Gasteiger charge is -2.06. The number of carbonyl (C=O) groups is 1. The van der Waals surface area contributed by atoms with Gasteiger partial charge in [0.2, 0.25) is 0 Å². The molecular formula is C7H12O3. The van der Waals surface area contributed by atoms with E-state index in [9.17, 15) is 4.79 Å². The maximum atomic E-state index is 10.6. The molecule has 1 heterocycles. The van der Waals surface area contributed by atoms with Crippen molar-refractivity contribution in [2.45, 2.75) is 25.4 Å². The zero-order valence-electron chi connectivity index (χ0n) is 6.13. The number of hydrogen-bond donors (Lipinski definition) is 0. The van der Waals surface area contributed by atoms with Gasteiger partial charge in [-0.1, -0.05) is 0 Å². The first-order valence-electron chi connectivity index (χ1n) is 3.51. The van der Waals surface area contributed by atoms with Crippen molar-refractivity contribution >= 4 is 5.97 Å². The molecule has 3 nitrogen and oxygen atoms in total. The lowest BCUT2D eigenvalue weighted by atomic mass is 10.2. The van der Waals surface area contributed by atoms with E-state index >= 15 is 0 Å². The molecule has 1 fully saturated rings. The van der Waals surface area contributed by atoms with Crippen LogP contribution >= 0.6 is 0 Å². The summed E-state index contributed by atoms with van der Waals surface area (Å²) in [5.41, 5.74) is 0. The Morgan fingerprint density at radius 1 is 1.80 bits per heavy atom. The summed E-state index contributed by atoms with van der Waals surface area (Å²) in [6, 6.07) is 0. The van der Waals surface area contributed by atoms with Crippen molar-refractivity contribution in [3.05, 3.63) is 0 Å². The molecule has 1 unspecified atom stereocenters. The fourth-order valence-corrected chi connectivity index (χ4v) is 1.04. The van der Waals surface area contributed by atoms with E-state index in [0.717, 1.165) is 12.8 Å². The second kappa shape index (κ2) is 3.56. The van der Waals surface area contributed by atoms with Crippen LogP contribution in [0.2, 0.25) is 0 Å². The van der Waals surface area contributed by atoms with Crippen LogP contribution in [0.3, 0.4) is 0 Å². The quantitative estimate of drug-likeness (QED) is 0.548. The van der Waals surface area contributed by atoms with Crippen LogP contribution in [0.5, 0.6) is 0 Å². The molecule has 58 valence electrons. The molecule has 0 amide bonds. The van der Waals surface area contributed by atoms with Gasteiger partial charge < -0.3 is 9.47 Å². The summed E-state index contributed by atoms with van der Waals surface area (Å²) in [5.74, 6) is -0.0684. The van der Waals surface area contributed by atoms with E-state index < -0.39 is 0 Å². The van der Waals surface area contributed by atoms with Gasteiger partial charge in [0.15, 0.2) is 0 Å². The summed E-state index contributed by atoms with van der Waals surface area (Å²) in [5, 5.41) is 0. The standard InChI is InChI=1S/C7H12O3/c1-9-5-4-6-2-3-7(8)10-6/h6H,2-5H2,1H3. The van der Waals surface area contributed by atoms with Gasteiger partial charge in [-0.25, -0.2) is 0 Å². The zero-order chi connectivity index (χ0) is 7.40. The molecule has 1 atom stereocenters. The van der Waals surface area contributed by atoms with E-state index in [2.05, 4.69) is 0 Å². The fourth-order valence-electron chi connectivity index (χ4n) is 1.04. The van der Waals surface area contributed by atoms with Crippen LogP contribution in [-0.2, 0) is 14.3 Å². The number of hydrogen-bond acceptors (Lipinski definition) is 3. The van der Waals surface area contributed by atoms with Gasteiger partial charge in [0.05, 0.1) is 0 Å². The molecule has 1 aliphatic heterocycles. The van der Waals surface area contributed by atoms with Crippen LogP contribution in [0.25, 0.3) is 0 Å². The lowest BCUT2D eigenvalue weighted by Crippen LogP contribution is -2.09. The van der Waals surface area contributed by atoms with Crippen LogP contribution in [0.1, 0.15) is 19.3 Å². The Kier molecular flexibility index (Phi) is 2.68. The van der Waals surface area contributed by atoms with Gasteiger partial charge in [0, 0.05) is 26.6 Å². The Hall–Kier alpha value is -0.570. The van der Waals surface area contributed by atoms with E-state index in [1.165, 1.54) is 0 Å². The average Bonchev–Trinajstić information content (AvgIpc) is 2.31. The molecule has 1 saturated heterocycles. The highest BCUT2D eigenvalue weighted by Crippen LogP contribution is 2.16. The van der Waals surface area contributed by atoms with Gasteiger partial charge in [-0.3, -0.25) is 4.79 Å². The van der Waals surface area contributed by atoms with Gasteiger partial charge in [0.1, 0.15) is 6.10 Å². The molecule has 10 heavy (non-hydrogen) atoms. The first-order chi connectivity index (χ1) is 4.83. The number of esters is 1. The first kappa shape index (κ1) is 7.54. The van der Waals surface area contributed by atoms with Crippen molar-refractivity contribution in [2.24, 2.45) is 0 Å². The summed E-state index contributed by atoms with van der Waals surface area (Å²) in [6.07, 6.45) is 2.39. The normalized spacial score (nSPS) is 24.9. The summed E-state index contributed by atoms with van der Waals surface area (Å²) >= 11 is 0. The van der Waals surface area contributed by atoms with Crippen molar-refractivity contribution in [2.75, 3.05) is 13.7 Å². The fraction of sp³-hybridized carbons (Fsp3) is 0.857. The molecule has 0 spiro atoms. The van der Waals surface area contributed by atoms with Crippen molar-refractivity contribution in [1.29, 1.82) is 0 Å². The molecule has 0 bridgehead atoms. The average molecular weight is 144 g/mol. The van der Waals surface area contributed by atoms with Gasteiger partial charge >= 0.3 is 5.97 Å². The molecule has 0 saturated carbocycles. The number of carbonyl (C=O) groups excluding carboxylic acids is 1. The molecule has 1 rings (SSSR count). The molecule has 0 aromatic rings. The number of cyclic esters (lactones) is 1. The van der Waals surface area contributed by atoms with E-state index in [1.54, 1.807) is 7.11 Å². The maximum absolute atomic E-state index is 10.6. The minimum atomic E-state index is -0.0684. The predicted molar refractivity (Wildman–Crippen MR) is 35.6 cm³/mol. The third-order valence-electron chi connectivity index (χ3n) is 1.61. The first-order valence-corrected chi connectivity index (χ1v) is 3.51. The number of rotatable bonds is 3. The van der Waals surface area contributed by atoms with E-state index in [-0.39, 0.29) is 12.1 Å². The molecule has 0 aromatic heterocycles. The molecule has 3 heteroatoms. The summed E-state index contributed by atoms with van der Waals surface area (Å²) < 4.78 is 9.79. The monoisotopic (exact) mass is 144 g/mol. The minimum Gasteiger partial charge on any atom is -0.462 e. The Labute approximate surface area is 60.3 Å². The van der Waals surface area contributed by atoms with Crippen LogP contribution in [-0.4, -0.2) is 25.8 Å². The van der Waals surface area contributed by atoms with Gasteiger partial charge in [-0.15, -0.1) is 0 Å². The number of ether oxygens (including phenoxy) is 2. The highest BCUT2D eigenvalue weighted by Gasteiger charge is 2.22. The molecule has 0 radical (unpaired) electrons. The largest absolute Gasteiger partial charge is 0.462 e. The van der Waals surface area contributed by atoms with Crippen LogP contribution < -0.4 is 0 Å². The van der Waals surface area contributed by atoms with E-state index in [1.807, 2.05) is 0 Å². The molecule has 0 aromatic carbocycles. The van der Waals surface area contributed by atoms with E-state index in [4.69, 9.17) is 9.47 Å². The Balaban J connectivity index is 2.12. The molecular weight excluding hydrogens is 132 g/mol. The highest BCUT2D eigenvalue weighted by molar-refractivity contribution is 5.71. The Morgan fingerprint density at radius 2 is 2.60 bits per heavy atom. The second-order valence-electron chi connectivity index (χ2n) is 2.43. The third kappa shape index (κ3) is 1.99. The summed E-state index contributed by atoms with van der Waals surface area (Å²) in [6.45, 7) is 0.679. The van der Waals surface area contributed by atoms with Crippen LogP contribution in [0, 0.1) is 0 Å². The SMILES string of the molecule is COCCC1CCC(=O)O1. The second-order valence-corrected chi connectivity index (χ2v) is 2.43. The smallest absolute Gasteiger partial charge is 0.306 e. The van der Waals surface area contributed by atoms with Crippen molar-refractivity contribution in [3.63, 3.8) is 0 Å². The Morgan fingerprint density at radius 3 is 3.10 bits per heavy atom. The summed E-state index contributed by atoms with van der Waals surface area (Å²) in [7, 11) is 1.65. The topological polar surface area (TPSA) is 35.5 Å². The van der Waals surface area contributed by atoms with Crippen LogP contribution in [0.15, 0.2) is 0 Å². The maximum Gasteiger partial charge on any atom is 0.306 e. The van der Waals surface area contributed by atoms with Gasteiger partial charge in [-0.2, -0.15) is 0 Å².